The number of carbonyl (C=O) groups excluding carboxylic acids is 1. The van der Waals surface area contributed by atoms with Crippen molar-refractivity contribution in [3.8, 4) is 0 Å². The molecule has 2 aromatic carbocycles. The lowest BCUT2D eigenvalue weighted by molar-refractivity contribution is -0.116. The van der Waals surface area contributed by atoms with Gasteiger partial charge in [0.2, 0.25) is 5.91 Å². The Balaban J connectivity index is 1.60. The van der Waals surface area contributed by atoms with Gasteiger partial charge in [0.05, 0.1) is 11.0 Å². The van der Waals surface area contributed by atoms with E-state index in [9.17, 15) is 9.18 Å². The average Bonchev–Trinajstić information content (AvgIpc) is 2.95. The highest BCUT2D eigenvalue weighted by Crippen LogP contribution is 2.21. The van der Waals surface area contributed by atoms with E-state index >= 15 is 0 Å². The number of carbonyl (C=O) groups is 1. The molecule has 4 nitrogen and oxygen atoms in total. The molecule has 0 unspecified atom stereocenters. The van der Waals surface area contributed by atoms with Crippen LogP contribution in [-0.2, 0) is 17.8 Å². The Kier molecular flexibility index (Phi) is 5.60. The maximum absolute atomic E-state index is 13.7. The van der Waals surface area contributed by atoms with E-state index < -0.39 is 0 Å². The van der Waals surface area contributed by atoms with E-state index in [1.807, 2.05) is 30.3 Å². The fraction of sp³-hybridized carbons (Fsp3) is 0.158. The van der Waals surface area contributed by atoms with Gasteiger partial charge in [0.15, 0.2) is 5.82 Å². The summed E-state index contributed by atoms with van der Waals surface area (Å²) < 4.78 is 16.0. The van der Waals surface area contributed by atoms with Gasteiger partial charge in [0.1, 0.15) is 5.82 Å². The third kappa shape index (κ3) is 4.76. The largest absolute Gasteiger partial charge is 0.308 e. The minimum absolute atomic E-state index is 0.110. The molecule has 3 aromatic rings. The molecule has 0 radical (unpaired) electrons. The quantitative estimate of drug-likeness (QED) is 0.664. The monoisotopic (exact) mass is 401 g/mol. The second kappa shape index (κ2) is 8.07. The van der Waals surface area contributed by atoms with E-state index in [4.69, 9.17) is 0 Å². The van der Waals surface area contributed by atoms with E-state index in [-0.39, 0.29) is 11.7 Å². The summed E-state index contributed by atoms with van der Waals surface area (Å²) in [6, 6.07) is 16.4. The van der Waals surface area contributed by atoms with E-state index in [1.165, 1.54) is 6.07 Å². The molecule has 0 spiro atoms. The van der Waals surface area contributed by atoms with Crippen molar-refractivity contribution in [1.82, 2.24) is 9.78 Å². The van der Waals surface area contributed by atoms with Crippen molar-refractivity contribution in [1.29, 1.82) is 0 Å². The standard InChI is InChI=1S/C19H17BrFN3O/c20-16-13-24(12-15-8-4-5-9-17(15)21)23-19(16)22-18(25)11-10-14-6-2-1-3-7-14/h1-9,13H,10-12H2,(H,22,23,25). The first-order valence-electron chi connectivity index (χ1n) is 7.92. The SMILES string of the molecule is O=C(CCc1ccccc1)Nc1nn(Cc2ccccc2F)cc1Br. The minimum Gasteiger partial charge on any atom is -0.308 e. The van der Waals surface area contributed by atoms with Gasteiger partial charge in [-0.15, -0.1) is 0 Å². The highest BCUT2D eigenvalue weighted by molar-refractivity contribution is 9.10. The summed E-state index contributed by atoms with van der Waals surface area (Å²) in [6.45, 7) is 0.297. The third-order valence-corrected chi connectivity index (χ3v) is 4.33. The molecule has 0 saturated heterocycles. The molecule has 25 heavy (non-hydrogen) atoms. The number of anilines is 1. The number of benzene rings is 2. The highest BCUT2D eigenvalue weighted by Gasteiger charge is 2.11. The van der Waals surface area contributed by atoms with E-state index in [0.717, 1.165) is 5.56 Å². The van der Waals surface area contributed by atoms with Crippen LogP contribution < -0.4 is 5.32 Å². The second-order valence-corrected chi connectivity index (χ2v) is 6.50. The number of aryl methyl sites for hydroxylation is 1. The van der Waals surface area contributed by atoms with Crippen LogP contribution in [0.3, 0.4) is 0 Å². The molecule has 0 aliphatic rings. The number of halogens is 2. The van der Waals surface area contributed by atoms with Crippen LogP contribution in [0, 0.1) is 5.82 Å². The topological polar surface area (TPSA) is 46.9 Å². The van der Waals surface area contributed by atoms with Gasteiger partial charge in [-0.05, 0) is 34.0 Å². The molecule has 0 atom stereocenters. The third-order valence-electron chi connectivity index (χ3n) is 3.75. The van der Waals surface area contributed by atoms with Crippen molar-refractivity contribution in [2.75, 3.05) is 5.32 Å². The van der Waals surface area contributed by atoms with Crippen LogP contribution in [0.5, 0.6) is 0 Å². The number of hydrogen-bond donors (Lipinski definition) is 1. The average molecular weight is 402 g/mol. The Bertz CT molecular complexity index is 864. The van der Waals surface area contributed by atoms with Crippen LogP contribution in [0.15, 0.2) is 65.3 Å². The zero-order chi connectivity index (χ0) is 17.6. The summed E-state index contributed by atoms with van der Waals surface area (Å²) in [5, 5.41) is 7.10. The van der Waals surface area contributed by atoms with Gasteiger partial charge in [-0.1, -0.05) is 48.5 Å². The Morgan fingerprint density at radius 1 is 1.12 bits per heavy atom. The first-order valence-corrected chi connectivity index (χ1v) is 8.71. The first-order chi connectivity index (χ1) is 12.1. The van der Waals surface area contributed by atoms with E-state index in [1.54, 1.807) is 29.1 Å². The summed E-state index contributed by atoms with van der Waals surface area (Å²) >= 11 is 3.38. The maximum Gasteiger partial charge on any atom is 0.225 e. The molecule has 1 aromatic heterocycles. The number of hydrogen-bond acceptors (Lipinski definition) is 2. The van der Waals surface area contributed by atoms with E-state index in [0.29, 0.717) is 35.2 Å². The summed E-state index contributed by atoms with van der Waals surface area (Å²) in [4.78, 5) is 12.1. The molecule has 1 amide bonds. The Morgan fingerprint density at radius 2 is 1.84 bits per heavy atom. The van der Waals surface area contributed by atoms with E-state index in [2.05, 4.69) is 26.3 Å². The maximum atomic E-state index is 13.7. The van der Waals surface area contributed by atoms with Gasteiger partial charge in [0, 0.05) is 18.2 Å². The van der Waals surface area contributed by atoms with Gasteiger partial charge in [0.25, 0.3) is 0 Å². The Hall–Kier alpha value is -2.47. The normalized spacial score (nSPS) is 10.6. The second-order valence-electron chi connectivity index (χ2n) is 5.65. The van der Waals surface area contributed by atoms with Gasteiger partial charge in [-0.2, -0.15) is 5.10 Å². The first kappa shape index (κ1) is 17.4. The fourth-order valence-electron chi connectivity index (χ4n) is 2.46. The Morgan fingerprint density at radius 3 is 2.60 bits per heavy atom. The summed E-state index contributed by atoms with van der Waals surface area (Å²) in [5.74, 6) is 0.0534. The van der Waals surface area contributed by atoms with Crippen LogP contribution in [-0.4, -0.2) is 15.7 Å². The lowest BCUT2D eigenvalue weighted by Crippen LogP contribution is -2.13. The number of aromatic nitrogens is 2. The molecule has 1 N–H and O–H groups in total. The Labute approximate surface area is 153 Å². The van der Waals surface area contributed by atoms with Crippen molar-refractivity contribution in [3.63, 3.8) is 0 Å². The lowest BCUT2D eigenvalue weighted by Gasteiger charge is -2.04. The van der Waals surface area contributed by atoms with Crippen molar-refractivity contribution in [2.24, 2.45) is 0 Å². The van der Waals surface area contributed by atoms with Gasteiger partial charge in [-0.25, -0.2) is 4.39 Å². The van der Waals surface area contributed by atoms with Crippen LogP contribution >= 0.6 is 15.9 Å². The fourth-order valence-corrected chi connectivity index (χ4v) is 2.88. The molecule has 0 saturated carbocycles. The van der Waals surface area contributed by atoms with Crippen molar-refractivity contribution in [3.05, 3.63) is 82.2 Å². The van der Waals surface area contributed by atoms with Crippen LogP contribution in [0.2, 0.25) is 0 Å². The van der Waals surface area contributed by atoms with Gasteiger partial charge >= 0.3 is 0 Å². The molecule has 0 aliphatic heterocycles. The molecular weight excluding hydrogens is 385 g/mol. The van der Waals surface area contributed by atoms with Crippen molar-refractivity contribution >= 4 is 27.7 Å². The molecule has 6 heteroatoms. The lowest BCUT2D eigenvalue weighted by atomic mass is 10.1. The summed E-state index contributed by atoms with van der Waals surface area (Å²) in [6.07, 6.45) is 2.76. The zero-order valence-electron chi connectivity index (χ0n) is 13.5. The highest BCUT2D eigenvalue weighted by atomic mass is 79.9. The molecule has 0 aliphatic carbocycles. The van der Waals surface area contributed by atoms with Crippen LogP contribution in [0.4, 0.5) is 10.2 Å². The zero-order valence-corrected chi connectivity index (χ0v) is 15.0. The molecule has 1 heterocycles. The number of nitrogens with zero attached hydrogens (tertiary/aromatic N) is 2. The minimum atomic E-state index is -0.275. The van der Waals surface area contributed by atoms with Crippen LogP contribution in [0.25, 0.3) is 0 Å². The molecule has 0 fully saturated rings. The summed E-state index contributed by atoms with van der Waals surface area (Å²) in [5.41, 5.74) is 1.65. The van der Waals surface area contributed by atoms with Crippen molar-refractivity contribution < 1.29 is 9.18 Å². The van der Waals surface area contributed by atoms with Crippen LogP contribution in [0.1, 0.15) is 17.5 Å². The van der Waals surface area contributed by atoms with Gasteiger partial charge in [-0.3, -0.25) is 9.48 Å². The predicted molar refractivity (Wildman–Crippen MR) is 98.8 cm³/mol. The number of nitrogens with one attached hydrogen (secondary N) is 1. The number of rotatable bonds is 6. The number of amides is 1. The molecular formula is C19H17BrFN3O. The summed E-state index contributed by atoms with van der Waals surface area (Å²) in [7, 11) is 0. The smallest absolute Gasteiger partial charge is 0.225 e. The molecule has 3 rings (SSSR count). The van der Waals surface area contributed by atoms with Gasteiger partial charge < -0.3 is 5.32 Å². The van der Waals surface area contributed by atoms with Crippen molar-refractivity contribution in [2.45, 2.75) is 19.4 Å². The predicted octanol–water partition coefficient (Wildman–Crippen LogP) is 4.40. The molecule has 128 valence electrons. The molecule has 0 bridgehead atoms.